The van der Waals surface area contributed by atoms with E-state index in [4.69, 9.17) is 4.74 Å². The van der Waals surface area contributed by atoms with E-state index in [1.54, 1.807) is 48.5 Å². The number of benzene rings is 2. The highest BCUT2D eigenvalue weighted by molar-refractivity contribution is 5.96. The first-order valence-electron chi connectivity index (χ1n) is 8.85. The molecule has 0 aliphatic carbocycles. The second-order valence-electron chi connectivity index (χ2n) is 5.86. The molecule has 0 bridgehead atoms. The molecule has 2 aromatic carbocycles. The number of ether oxygens (including phenoxy) is 1. The van der Waals surface area contributed by atoms with E-state index in [2.05, 4.69) is 21.3 Å². The normalized spacial score (nSPS) is 9.83. The SMILES string of the molecule is CNC(=O)c1ccc(NC(=O)COC(=O)CCNC(=O)Nc2ccccc2)cc1. The molecule has 0 saturated carbocycles. The molecule has 152 valence electrons. The lowest BCUT2D eigenvalue weighted by molar-refractivity contribution is -0.147. The molecular formula is C20H22N4O5. The molecule has 0 heterocycles. The Morgan fingerprint density at radius 3 is 2.17 bits per heavy atom. The fourth-order valence-electron chi connectivity index (χ4n) is 2.24. The summed E-state index contributed by atoms with van der Waals surface area (Å²) < 4.78 is 4.87. The number of hydrogen-bond donors (Lipinski definition) is 4. The average molecular weight is 398 g/mol. The van der Waals surface area contributed by atoms with Crippen molar-refractivity contribution in [2.24, 2.45) is 0 Å². The quantitative estimate of drug-likeness (QED) is 0.504. The van der Waals surface area contributed by atoms with Crippen molar-refractivity contribution in [2.75, 3.05) is 30.8 Å². The number of urea groups is 1. The Kier molecular flexibility index (Phi) is 8.18. The van der Waals surface area contributed by atoms with Gasteiger partial charge in [0.15, 0.2) is 6.61 Å². The maximum atomic E-state index is 11.8. The van der Waals surface area contributed by atoms with Gasteiger partial charge in [0.25, 0.3) is 11.8 Å². The van der Waals surface area contributed by atoms with Crippen LogP contribution in [0.1, 0.15) is 16.8 Å². The summed E-state index contributed by atoms with van der Waals surface area (Å²) in [5.74, 6) is -1.36. The van der Waals surface area contributed by atoms with Gasteiger partial charge in [0, 0.05) is 30.5 Å². The highest BCUT2D eigenvalue weighted by atomic mass is 16.5. The van der Waals surface area contributed by atoms with Crippen LogP contribution in [-0.4, -0.2) is 44.0 Å². The standard InChI is InChI=1S/C20H22N4O5/c1-21-19(27)14-7-9-16(10-8-14)23-17(25)13-29-18(26)11-12-22-20(28)24-15-5-3-2-4-6-15/h2-10H,11-13H2,1H3,(H,21,27)(H,23,25)(H2,22,24,28). The monoisotopic (exact) mass is 398 g/mol. The van der Waals surface area contributed by atoms with E-state index in [1.807, 2.05) is 6.07 Å². The number of rotatable bonds is 8. The second-order valence-corrected chi connectivity index (χ2v) is 5.86. The molecule has 2 rings (SSSR count). The molecule has 0 atom stereocenters. The number of carbonyl (C=O) groups excluding carboxylic acids is 4. The summed E-state index contributed by atoms with van der Waals surface area (Å²) in [6.07, 6.45) is -0.0731. The van der Waals surface area contributed by atoms with E-state index < -0.39 is 24.5 Å². The van der Waals surface area contributed by atoms with Crippen LogP contribution in [0.15, 0.2) is 54.6 Å². The summed E-state index contributed by atoms with van der Waals surface area (Å²) >= 11 is 0. The molecule has 0 radical (unpaired) electrons. The molecule has 0 unspecified atom stereocenters. The Bertz CT molecular complexity index is 853. The minimum atomic E-state index is -0.616. The zero-order valence-corrected chi connectivity index (χ0v) is 15.9. The van der Waals surface area contributed by atoms with Gasteiger partial charge in [0.1, 0.15) is 0 Å². The van der Waals surface area contributed by atoms with E-state index in [0.717, 1.165) is 0 Å². The summed E-state index contributed by atoms with van der Waals surface area (Å²) in [6.45, 7) is -0.383. The van der Waals surface area contributed by atoms with Crippen LogP contribution in [0.2, 0.25) is 0 Å². The maximum Gasteiger partial charge on any atom is 0.319 e. The Hall–Kier alpha value is -3.88. The lowest BCUT2D eigenvalue weighted by atomic mass is 10.2. The minimum absolute atomic E-state index is 0.0695. The smallest absolute Gasteiger partial charge is 0.319 e. The van der Waals surface area contributed by atoms with E-state index >= 15 is 0 Å². The van der Waals surface area contributed by atoms with E-state index in [9.17, 15) is 19.2 Å². The molecule has 4 N–H and O–H groups in total. The average Bonchev–Trinajstić information content (AvgIpc) is 2.73. The van der Waals surface area contributed by atoms with Crippen molar-refractivity contribution in [2.45, 2.75) is 6.42 Å². The van der Waals surface area contributed by atoms with Crippen LogP contribution >= 0.6 is 0 Å². The molecule has 9 nitrogen and oxygen atoms in total. The molecule has 0 fully saturated rings. The summed E-state index contributed by atoms with van der Waals surface area (Å²) in [6, 6.07) is 14.7. The number of carbonyl (C=O) groups is 4. The Labute approximate surface area is 167 Å². The molecule has 2 aromatic rings. The van der Waals surface area contributed by atoms with Gasteiger partial charge in [0.2, 0.25) is 0 Å². The molecule has 4 amide bonds. The van der Waals surface area contributed by atoms with Gasteiger partial charge < -0.3 is 26.0 Å². The zero-order valence-electron chi connectivity index (χ0n) is 15.9. The fraction of sp³-hybridized carbons (Fsp3) is 0.200. The molecule has 0 aliphatic heterocycles. The summed E-state index contributed by atoms with van der Waals surface area (Å²) in [5, 5.41) is 10.2. The summed E-state index contributed by atoms with van der Waals surface area (Å²) in [7, 11) is 1.53. The van der Waals surface area contributed by atoms with Crippen LogP contribution in [0.4, 0.5) is 16.2 Å². The van der Waals surface area contributed by atoms with Crippen LogP contribution < -0.4 is 21.3 Å². The summed E-state index contributed by atoms with van der Waals surface area (Å²) in [5.41, 5.74) is 1.56. The Balaban J connectivity index is 1.63. The number of hydrogen-bond acceptors (Lipinski definition) is 5. The van der Waals surface area contributed by atoms with Crippen molar-refractivity contribution in [3.05, 3.63) is 60.2 Å². The predicted octanol–water partition coefficient (Wildman–Crippen LogP) is 1.74. The molecule has 9 heteroatoms. The first-order chi connectivity index (χ1) is 14.0. The third-order valence-electron chi connectivity index (χ3n) is 3.67. The van der Waals surface area contributed by atoms with Gasteiger partial charge >= 0.3 is 12.0 Å². The molecule has 0 aliphatic rings. The van der Waals surface area contributed by atoms with Gasteiger partial charge in [-0.2, -0.15) is 0 Å². The second kappa shape index (κ2) is 11.1. The van der Waals surface area contributed by atoms with Crippen molar-refractivity contribution in [1.29, 1.82) is 0 Å². The van der Waals surface area contributed by atoms with E-state index in [-0.39, 0.29) is 18.9 Å². The van der Waals surface area contributed by atoms with E-state index in [0.29, 0.717) is 16.9 Å². The number of anilines is 2. The van der Waals surface area contributed by atoms with E-state index in [1.165, 1.54) is 7.05 Å². The Morgan fingerprint density at radius 2 is 1.52 bits per heavy atom. The minimum Gasteiger partial charge on any atom is -0.456 e. The maximum absolute atomic E-state index is 11.8. The van der Waals surface area contributed by atoms with Crippen molar-refractivity contribution in [3.63, 3.8) is 0 Å². The molecule has 29 heavy (non-hydrogen) atoms. The lowest BCUT2D eigenvalue weighted by Crippen LogP contribution is -2.31. The number of amides is 4. The van der Waals surface area contributed by atoms with Gasteiger partial charge in [-0.25, -0.2) is 4.79 Å². The van der Waals surface area contributed by atoms with Crippen LogP contribution in [0, 0.1) is 0 Å². The zero-order chi connectivity index (χ0) is 21.1. The van der Waals surface area contributed by atoms with Gasteiger partial charge in [0.05, 0.1) is 6.42 Å². The third-order valence-corrected chi connectivity index (χ3v) is 3.67. The summed E-state index contributed by atoms with van der Waals surface area (Å²) in [4.78, 5) is 46.6. The third kappa shape index (κ3) is 7.71. The molecule has 0 aromatic heterocycles. The molecule has 0 spiro atoms. The molecule has 0 saturated heterocycles. The highest BCUT2D eigenvalue weighted by Gasteiger charge is 2.10. The first kappa shape index (κ1) is 21.4. The van der Waals surface area contributed by atoms with Crippen LogP contribution in [0.5, 0.6) is 0 Å². The number of nitrogens with one attached hydrogen (secondary N) is 4. The predicted molar refractivity (Wildman–Crippen MR) is 108 cm³/mol. The van der Waals surface area contributed by atoms with Crippen LogP contribution in [0.25, 0.3) is 0 Å². The largest absolute Gasteiger partial charge is 0.456 e. The topological polar surface area (TPSA) is 126 Å². The van der Waals surface area contributed by atoms with Crippen LogP contribution in [0.3, 0.4) is 0 Å². The number of esters is 1. The lowest BCUT2D eigenvalue weighted by Gasteiger charge is -2.09. The van der Waals surface area contributed by atoms with Gasteiger partial charge in [-0.05, 0) is 36.4 Å². The van der Waals surface area contributed by atoms with Crippen molar-refractivity contribution in [1.82, 2.24) is 10.6 Å². The Morgan fingerprint density at radius 1 is 0.862 bits per heavy atom. The van der Waals surface area contributed by atoms with Gasteiger partial charge in [-0.3, -0.25) is 14.4 Å². The van der Waals surface area contributed by atoms with Crippen molar-refractivity contribution >= 4 is 35.2 Å². The van der Waals surface area contributed by atoms with Gasteiger partial charge in [-0.1, -0.05) is 18.2 Å². The molecular weight excluding hydrogens is 376 g/mol. The highest BCUT2D eigenvalue weighted by Crippen LogP contribution is 2.09. The first-order valence-corrected chi connectivity index (χ1v) is 8.85. The number of para-hydroxylation sites is 1. The van der Waals surface area contributed by atoms with Gasteiger partial charge in [-0.15, -0.1) is 0 Å². The van der Waals surface area contributed by atoms with Crippen molar-refractivity contribution in [3.8, 4) is 0 Å². The van der Waals surface area contributed by atoms with Crippen molar-refractivity contribution < 1.29 is 23.9 Å². The van der Waals surface area contributed by atoms with Crippen LogP contribution in [-0.2, 0) is 14.3 Å². The fourth-order valence-corrected chi connectivity index (χ4v) is 2.24.